The fourth-order valence-electron chi connectivity index (χ4n) is 2.33. The average molecular weight is 376 g/mol. The molecule has 0 aromatic heterocycles. The first kappa shape index (κ1) is 19.8. The minimum atomic E-state index is -3.40. The molecule has 7 heteroatoms. The minimum absolute atomic E-state index is 0.0341. The monoisotopic (exact) mass is 376 g/mol. The van der Waals surface area contributed by atoms with E-state index < -0.39 is 10.0 Å². The lowest BCUT2D eigenvalue weighted by Crippen LogP contribution is -2.16. The van der Waals surface area contributed by atoms with E-state index in [1.807, 2.05) is 31.2 Å². The van der Waals surface area contributed by atoms with Crippen molar-refractivity contribution in [2.24, 2.45) is 0 Å². The van der Waals surface area contributed by atoms with Crippen LogP contribution in [0.4, 0.5) is 11.4 Å². The summed E-state index contributed by atoms with van der Waals surface area (Å²) in [6.07, 6.45) is 1.01. The molecule has 0 atom stereocenters. The number of sulfonamides is 1. The Morgan fingerprint density at radius 3 is 2.42 bits per heavy atom. The van der Waals surface area contributed by atoms with Gasteiger partial charge in [-0.25, -0.2) is 8.42 Å². The molecular weight excluding hydrogens is 352 g/mol. The maximum atomic E-state index is 12.1. The third kappa shape index (κ3) is 5.77. The van der Waals surface area contributed by atoms with Gasteiger partial charge in [0.2, 0.25) is 15.9 Å². The predicted molar refractivity (Wildman–Crippen MR) is 104 cm³/mol. The van der Waals surface area contributed by atoms with Crippen LogP contribution >= 0.6 is 0 Å². The molecule has 2 aromatic carbocycles. The molecule has 0 fully saturated rings. The van der Waals surface area contributed by atoms with Crippen LogP contribution in [0, 0.1) is 6.92 Å². The van der Waals surface area contributed by atoms with Crippen LogP contribution in [-0.4, -0.2) is 27.2 Å². The summed E-state index contributed by atoms with van der Waals surface area (Å²) in [5.41, 5.74) is 3.18. The van der Waals surface area contributed by atoms with Gasteiger partial charge in [0, 0.05) is 18.2 Å². The van der Waals surface area contributed by atoms with Crippen LogP contribution in [0.3, 0.4) is 0 Å². The summed E-state index contributed by atoms with van der Waals surface area (Å²) in [6, 6.07) is 12.9. The van der Waals surface area contributed by atoms with E-state index in [1.165, 1.54) is 12.7 Å². The highest BCUT2D eigenvalue weighted by Crippen LogP contribution is 2.29. The van der Waals surface area contributed by atoms with Crippen LogP contribution in [0.25, 0.3) is 0 Å². The fourth-order valence-corrected chi connectivity index (χ4v) is 2.98. The fraction of sp³-hybridized carbons (Fsp3) is 0.316. The number of hydrogen-bond acceptors (Lipinski definition) is 4. The summed E-state index contributed by atoms with van der Waals surface area (Å²) in [5.74, 6) is 0.195. The molecule has 2 rings (SSSR count). The van der Waals surface area contributed by atoms with Gasteiger partial charge in [-0.3, -0.25) is 9.52 Å². The maximum absolute atomic E-state index is 12.1. The molecule has 0 heterocycles. The second-order valence-corrected chi connectivity index (χ2v) is 7.97. The molecule has 26 heavy (non-hydrogen) atoms. The number of anilines is 2. The van der Waals surface area contributed by atoms with Gasteiger partial charge in [-0.1, -0.05) is 29.8 Å². The summed E-state index contributed by atoms with van der Waals surface area (Å²) in [7, 11) is -1.95. The Hall–Kier alpha value is -2.54. The number of carbonyl (C=O) groups excluding carboxylic acids is 1. The molecule has 0 aliphatic rings. The summed E-state index contributed by atoms with van der Waals surface area (Å²) in [4.78, 5) is 12.1. The number of methoxy groups -OCH3 is 1. The number of rotatable bonds is 8. The number of amides is 1. The molecule has 0 bridgehead atoms. The third-order valence-corrected chi connectivity index (χ3v) is 5.18. The van der Waals surface area contributed by atoms with Gasteiger partial charge in [-0.15, -0.1) is 0 Å². The molecule has 0 spiro atoms. The Morgan fingerprint density at radius 1 is 1.12 bits per heavy atom. The zero-order valence-electron chi connectivity index (χ0n) is 15.2. The van der Waals surface area contributed by atoms with Gasteiger partial charge in [-0.05, 0) is 38.0 Å². The number of nitrogens with one attached hydrogen (secondary N) is 2. The topological polar surface area (TPSA) is 84.5 Å². The van der Waals surface area contributed by atoms with Crippen LogP contribution in [0.15, 0.2) is 42.5 Å². The molecule has 2 aromatic rings. The Morgan fingerprint density at radius 2 is 1.81 bits per heavy atom. The number of carbonyl (C=O) groups is 1. The van der Waals surface area contributed by atoms with Crippen molar-refractivity contribution in [2.75, 3.05) is 22.9 Å². The first-order valence-electron chi connectivity index (χ1n) is 8.37. The van der Waals surface area contributed by atoms with Crippen molar-refractivity contribution in [2.45, 2.75) is 26.7 Å². The van der Waals surface area contributed by atoms with E-state index in [4.69, 9.17) is 4.74 Å². The number of ether oxygens (including phenoxy) is 1. The van der Waals surface area contributed by atoms with Crippen LogP contribution in [0.5, 0.6) is 5.75 Å². The van der Waals surface area contributed by atoms with Gasteiger partial charge in [0.1, 0.15) is 5.75 Å². The second kappa shape index (κ2) is 8.71. The van der Waals surface area contributed by atoms with Crippen molar-refractivity contribution in [3.63, 3.8) is 0 Å². The van der Waals surface area contributed by atoms with Crippen molar-refractivity contribution in [1.82, 2.24) is 0 Å². The average Bonchev–Trinajstić information content (AvgIpc) is 2.62. The largest absolute Gasteiger partial charge is 0.494 e. The van der Waals surface area contributed by atoms with Crippen molar-refractivity contribution in [3.8, 4) is 5.75 Å². The molecule has 0 saturated heterocycles. The quantitative estimate of drug-likeness (QED) is 0.740. The highest BCUT2D eigenvalue weighted by molar-refractivity contribution is 7.92. The Labute approximate surface area is 154 Å². The van der Waals surface area contributed by atoms with Crippen molar-refractivity contribution in [3.05, 3.63) is 53.6 Å². The van der Waals surface area contributed by atoms with Gasteiger partial charge >= 0.3 is 0 Å². The minimum Gasteiger partial charge on any atom is -0.494 e. The second-order valence-electron chi connectivity index (χ2n) is 5.95. The zero-order valence-corrected chi connectivity index (χ0v) is 16.0. The highest BCUT2D eigenvalue weighted by atomic mass is 32.2. The molecular formula is C19H24N2O4S. The lowest BCUT2D eigenvalue weighted by Gasteiger charge is -2.13. The first-order chi connectivity index (χ1) is 12.3. The molecule has 0 radical (unpaired) electrons. The van der Waals surface area contributed by atoms with Crippen molar-refractivity contribution in [1.29, 1.82) is 0 Å². The molecule has 0 aliphatic carbocycles. The molecule has 0 saturated carbocycles. The number of hydrogen-bond donors (Lipinski definition) is 2. The predicted octanol–water partition coefficient (Wildman–Crippen LogP) is 3.34. The molecule has 2 N–H and O–H groups in total. The van der Waals surface area contributed by atoms with E-state index in [9.17, 15) is 13.2 Å². The van der Waals surface area contributed by atoms with E-state index in [-0.39, 0.29) is 11.7 Å². The van der Waals surface area contributed by atoms with Crippen LogP contribution in [0.2, 0.25) is 0 Å². The zero-order chi connectivity index (χ0) is 19.2. The Bertz CT molecular complexity index is 862. The summed E-state index contributed by atoms with van der Waals surface area (Å²) in [5, 5.41) is 2.81. The van der Waals surface area contributed by atoms with E-state index in [2.05, 4.69) is 10.0 Å². The van der Waals surface area contributed by atoms with Crippen LogP contribution in [-0.2, 0) is 21.2 Å². The van der Waals surface area contributed by atoms with Gasteiger partial charge in [0.05, 0.1) is 18.6 Å². The molecule has 0 unspecified atom stereocenters. The van der Waals surface area contributed by atoms with E-state index >= 15 is 0 Å². The van der Waals surface area contributed by atoms with Gasteiger partial charge in [-0.2, -0.15) is 0 Å². The van der Waals surface area contributed by atoms with E-state index in [0.29, 0.717) is 30.0 Å². The molecule has 140 valence electrons. The molecule has 6 nitrogen and oxygen atoms in total. The van der Waals surface area contributed by atoms with Gasteiger partial charge < -0.3 is 10.1 Å². The summed E-state index contributed by atoms with van der Waals surface area (Å²) >= 11 is 0. The van der Waals surface area contributed by atoms with Crippen LogP contribution < -0.4 is 14.8 Å². The van der Waals surface area contributed by atoms with E-state index in [1.54, 1.807) is 25.1 Å². The molecule has 0 aliphatic heterocycles. The van der Waals surface area contributed by atoms with Crippen molar-refractivity contribution < 1.29 is 17.9 Å². The third-order valence-electron chi connectivity index (χ3n) is 3.89. The smallest absolute Gasteiger partial charge is 0.232 e. The van der Waals surface area contributed by atoms with E-state index in [0.717, 1.165) is 5.56 Å². The van der Waals surface area contributed by atoms with Crippen LogP contribution in [0.1, 0.15) is 24.5 Å². The number of aryl methyl sites for hydroxylation is 2. The summed E-state index contributed by atoms with van der Waals surface area (Å²) < 4.78 is 31.1. The maximum Gasteiger partial charge on any atom is 0.232 e. The highest BCUT2D eigenvalue weighted by Gasteiger charge is 2.12. The van der Waals surface area contributed by atoms with Gasteiger partial charge in [0.15, 0.2) is 0 Å². The SMILES string of the molecule is CCS(=O)(=O)Nc1ccc(NC(=O)CCc2ccc(C)cc2)cc1OC. The standard InChI is InChI=1S/C19H24N2O4S/c1-4-26(23,24)21-17-11-10-16(13-18(17)25-3)20-19(22)12-9-15-7-5-14(2)6-8-15/h5-8,10-11,13,21H,4,9,12H2,1-3H3,(H,20,22). The lowest BCUT2D eigenvalue weighted by atomic mass is 10.1. The lowest BCUT2D eigenvalue weighted by molar-refractivity contribution is -0.116. The normalized spacial score (nSPS) is 11.0. The van der Waals surface area contributed by atoms with Gasteiger partial charge in [0.25, 0.3) is 0 Å². The number of benzene rings is 2. The van der Waals surface area contributed by atoms with Crippen molar-refractivity contribution >= 4 is 27.3 Å². The summed E-state index contributed by atoms with van der Waals surface area (Å²) in [6.45, 7) is 3.57. The molecule has 1 amide bonds. The first-order valence-corrected chi connectivity index (χ1v) is 10.0. The Kier molecular flexibility index (Phi) is 6.63. The Balaban J connectivity index is 2.00.